The summed E-state index contributed by atoms with van der Waals surface area (Å²) >= 11 is 6.52. The fourth-order valence-electron chi connectivity index (χ4n) is 2.31. The number of phenolic OH excluding ortho intramolecular Hbond substituents is 1. The zero-order valence-corrected chi connectivity index (χ0v) is 17.8. The van der Waals surface area contributed by atoms with Crippen molar-refractivity contribution >= 4 is 47.6 Å². The molecule has 2 aromatic carbocycles. The van der Waals surface area contributed by atoms with Crippen LogP contribution in [0.2, 0.25) is 0 Å². The molecule has 0 aliphatic rings. The first-order valence-corrected chi connectivity index (χ1v) is 10.7. The van der Waals surface area contributed by atoms with Gasteiger partial charge in [0, 0.05) is 17.8 Å². The van der Waals surface area contributed by atoms with Crippen LogP contribution in [-0.4, -0.2) is 37.6 Å². The van der Waals surface area contributed by atoms with Gasteiger partial charge in [0.2, 0.25) is 0 Å². The van der Waals surface area contributed by atoms with Crippen molar-refractivity contribution in [2.75, 3.05) is 13.3 Å². The molecule has 0 fully saturated rings. The normalized spacial score (nSPS) is 12.7. The van der Waals surface area contributed by atoms with E-state index in [4.69, 9.17) is 0 Å². The van der Waals surface area contributed by atoms with Crippen molar-refractivity contribution in [3.05, 3.63) is 56.5 Å². The standard InChI is InChI=1S/C17H17Br2NO4S/c1-10(11-4-6-13(7-5-11)25(3,23)24)20(2)17(22)14-8-12(18)9-15(19)16(14)21/h4-10,21H,1-3H3. The SMILES string of the molecule is CC(c1ccc(S(C)(=O)=O)cc1)N(C)C(=O)c1cc(Br)cc(Br)c1O. The second kappa shape index (κ2) is 7.47. The highest BCUT2D eigenvalue weighted by Gasteiger charge is 2.23. The summed E-state index contributed by atoms with van der Waals surface area (Å²) in [7, 11) is -1.63. The quantitative estimate of drug-likeness (QED) is 0.698. The predicted molar refractivity (Wildman–Crippen MR) is 104 cm³/mol. The van der Waals surface area contributed by atoms with Crippen molar-refractivity contribution in [2.24, 2.45) is 0 Å². The molecule has 0 spiro atoms. The minimum atomic E-state index is -3.26. The predicted octanol–water partition coefficient (Wildman–Crippen LogP) is 4.15. The Balaban J connectivity index is 2.31. The number of aromatic hydroxyl groups is 1. The number of benzene rings is 2. The van der Waals surface area contributed by atoms with E-state index < -0.39 is 9.84 Å². The van der Waals surface area contributed by atoms with Gasteiger partial charge in [-0.25, -0.2) is 8.42 Å². The Morgan fingerprint density at radius 3 is 2.24 bits per heavy atom. The molecule has 0 bridgehead atoms. The Bertz CT molecular complexity index is 911. The van der Waals surface area contributed by atoms with E-state index in [-0.39, 0.29) is 28.2 Å². The lowest BCUT2D eigenvalue weighted by atomic mass is 10.1. The Hall–Kier alpha value is -1.38. The summed E-state index contributed by atoms with van der Waals surface area (Å²) in [4.78, 5) is 14.5. The number of nitrogens with zero attached hydrogens (tertiary/aromatic N) is 1. The first-order chi connectivity index (χ1) is 11.5. The van der Waals surface area contributed by atoms with Crippen molar-refractivity contribution < 1.29 is 18.3 Å². The topological polar surface area (TPSA) is 74.7 Å². The molecular formula is C17H17Br2NO4S. The molecule has 1 N–H and O–H groups in total. The van der Waals surface area contributed by atoms with Crippen LogP contribution in [0.3, 0.4) is 0 Å². The van der Waals surface area contributed by atoms with Crippen molar-refractivity contribution in [2.45, 2.75) is 17.9 Å². The van der Waals surface area contributed by atoms with Gasteiger partial charge >= 0.3 is 0 Å². The molecule has 0 aliphatic carbocycles. The molecule has 0 radical (unpaired) electrons. The molecule has 25 heavy (non-hydrogen) atoms. The summed E-state index contributed by atoms with van der Waals surface area (Å²) < 4.78 is 24.2. The van der Waals surface area contributed by atoms with Crippen molar-refractivity contribution in [1.29, 1.82) is 0 Å². The largest absolute Gasteiger partial charge is 0.506 e. The summed E-state index contributed by atoms with van der Waals surface area (Å²) in [6.07, 6.45) is 1.15. The van der Waals surface area contributed by atoms with E-state index in [1.165, 1.54) is 17.0 Å². The average molecular weight is 491 g/mol. The summed E-state index contributed by atoms with van der Waals surface area (Å²) in [5, 5.41) is 10.1. The van der Waals surface area contributed by atoms with Crippen LogP contribution in [0.4, 0.5) is 0 Å². The maximum Gasteiger partial charge on any atom is 0.257 e. The fourth-order valence-corrected chi connectivity index (χ4v) is 4.17. The van der Waals surface area contributed by atoms with Gasteiger partial charge in [0.1, 0.15) is 5.75 Å². The number of phenols is 1. The van der Waals surface area contributed by atoms with Crippen LogP contribution in [0, 0.1) is 0 Å². The van der Waals surface area contributed by atoms with Gasteiger partial charge in [0.25, 0.3) is 5.91 Å². The van der Waals surface area contributed by atoms with E-state index in [0.29, 0.717) is 8.95 Å². The molecule has 2 rings (SSSR count). The van der Waals surface area contributed by atoms with Gasteiger partial charge in [-0.15, -0.1) is 0 Å². The molecule has 0 aromatic heterocycles. The lowest BCUT2D eigenvalue weighted by molar-refractivity contribution is 0.0739. The van der Waals surface area contributed by atoms with Crippen LogP contribution in [0.1, 0.15) is 28.9 Å². The fraction of sp³-hybridized carbons (Fsp3) is 0.235. The van der Waals surface area contributed by atoms with Crippen LogP contribution in [0.5, 0.6) is 5.75 Å². The molecule has 5 nitrogen and oxygen atoms in total. The van der Waals surface area contributed by atoms with Gasteiger partial charge in [-0.05, 0) is 52.7 Å². The third-order valence-corrected chi connectivity index (χ3v) is 6.14. The van der Waals surface area contributed by atoms with E-state index in [1.807, 2.05) is 6.92 Å². The first kappa shape index (κ1) is 19.9. The lowest BCUT2D eigenvalue weighted by Gasteiger charge is -2.26. The van der Waals surface area contributed by atoms with E-state index in [2.05, 4.69) is 31.9 Å². The Morgan fingerprint density at radius 2 is 1.72 bits per heavy atom. The number of hydrogen-bond donors (Lipinski definition) is 1. The third-order valence-electron chi connectivity index (χ3n) is 3.95. The molecule has 1 amide bonds. The van der Waals surface area contributed by atoms with Crippen LogP contribution in [0.25, 0.3) is 0 Å². The van der Waals surface area contributed by atoms with Gasteiger partial charge < -0.3 is 10.0 Å². The van der Waals surface area contributed by atoms with E-state index in [9.17, 15) is 18.3 Å². The monoisotopic (exact) mass is 489 g/mol. The highest BCUT2D eigenvalue weighted by molar-refractivity contribution is 9.11. The Kier molecular flexibility index (Phi) is 5.96. The first-order valence-electron chi connectivity index (χ1n) is 7.27. The average Bonchev–Trinajstić information content (AvgIpc) is 2.55. The van der Waals surface area contributed by atoms with Crippen LogP contribution in [-0.2, 0) is 9.84 Å². The maximum absolute atomic E-state index is 12.7. The molecule has 0 heterocycles. The number of hydrogen-bond acceptors (Lipinski definition) is 4. The number of rotatable bonds is 4. The molecule has 1 atom stereocenters. The van der Waals surface area contributed by atoms with E-state index in [1.54, 1.807) is 31.3 Å². The second-order valence-electron chi connectivity index (χ2n) is 5.72. The number of amides is 1. The van der Waals surface area contributed by atoms with Crippen molar-refractivity contribution in [1.82, 2.24) is 4.90 Å². The van der Waals surface area contributed by atoms with Gasteiger partial charge in [-0.2, -0.15) is 0 Å². The highest BCUT2D eigenvalue weighted by atomic mass is 79.9. The van der Waals surface area contributed by atoms with Crippen LogP contribution >= 0.6 is 31.9 Å². The summed E-state index contributed by atoms with van der Waals surface area (Å²) in [6.45, 7) is 1.83. The van der Waals surface area contributed by atoms with Crippen molar-refractivity contribution in [3.63, 3.8) is 0 Å². The number of halogens is 2. The van der Waals surface area contributed by atoms with Gasteiger partial charge in [-0.1, -0.05) is 28.1 Å². The highest BCUT2D eigenvalue weighted by Crippen LogP contribution is 2.33. The van der Waals surface area contributed by atoms with E-state index in [0.717, 1.165) is 11.8 Å². The molecule has 0 saturated carbocycles. The van der Waals surface area contributed by atoms with Gasteiger partial charge in [0.15, 0.2) is 9.84 Å². The summed E-state index contributed by atoms with van der Waals surface area (Å²) in [5.74, 6) is -0.473. The Labute approximate surface area is 163 Å². The Morgan fingerprint density at radius 1 is 1.16 bits per heavy atom. The zero-order valence-electron chi connectivity index (χ0n) is 13.8. The minimum Gasteiger partial charge on any atom is -0.506 e. The molecule has 8 heteroatoms. The summed E-state index contributed by atoms with van der Waals surface area (Å²) in [6, 6.07) is 9.30. The summed E-state index contributed by atoms with van der Waals surface area (Å²) in [5.41, 5.74) is 0.958. The van der Waals surface area contributed by atoms with Crippen LogP contribution < -0.4 is 0 Å². The van der Waals surface area contributed by atoms with Crippen LogP contribution in [0.15, 0.2) is 50.2 Å². The molecular weight excluding hydrogens is 474 g/mol. The molecule has 1 unspecified atom stereocenters. The minimum absolute atomic E-state index is 0.125. The molecule has 134 valence electrons. The second-order valence-corrected chi connectivity index (χ2v) is 9.50. The molecule has 0 aliphatic heterocycles. The van der Waals surface area contributed by atoms with Gasteiger partial charge in [-0.3, -0.25) is 4.79 Å². The number of sulfone groups is 1. The molecule has 0 saturated heterocycles. The van der Waals surface area contributed by atoms with Crippen molar-refractivity contribution in [3.8, 4) is 5.75 Å². The third kappa shape index (κ3) is 4.43. The molecule has 2 aromatic rings. The zero-order chi connectivity index (χ0) is 18.9. The maximum atomic E-state index is 12.7. The lowest BCUT2D eigenvalue weighted by Crippen LogP contribution is -2.29. The van der Waals surface area contributed by atoms with E-state index >= 15 is 0 Å². The smallest absolute Gasteiger partial charge is 0.257 e. The number of carbonyl (C=O) groups is 1. The number of carbonyl (C=O) groups excluding carboxylic acids is 1. The van der Waals surface area contributed by atoms with Gasteiger partial charge in [0.05, 0.1) is 21.0 Å².